The number of aryl methyl sites for hydroxylation is 1. The van der Waals surface area contributed by atoms with Gasteiger partial charge < -0.3 is 14.4 Å². The van der Waals surface area contributed by atoms with Crippen molar-refractivity contribution >= 4 is 16.7 Å². The van der Waals surface area contributed by atoms with Gasteiger partial charge in [0.25, 0.3) is 0 Å². The number of hydrogen-bond donors (Lipinski definition) is 0. The lowest BCUT2D eigenvalue weighted by molar-refractivity contribution is -0.137. The first-order chi connectivity index (χ1) is 7.27. The van der Waals surface area contributed by atoms with Crippen molar-refractivity contribution in [2.75, 3.05) is 31.2 Å². The Labute approximate surface area is 92.2 Å². The van der Waals surface area contributed by atoms with E-state index >= 15 is 0 Å². The van der Waals surface area contributed by atoms with E-state index in [-0.39, 0.29) is 5.79 Å². The molecule has 3 heterocycles. The smallest absolute Gasteiger partial charge is 0.205 e. The van der Waals surface area contributed by atoms with Crippen molar-refractivity contribution in [3.8, 4) is 0 Å². The van der Waals surface area contributed by atoms with Gasteiger partial charge in [0.15, 0.2) is 5.79 Å². The van der Waals surface area contributed by atoms with E-state index < -0.39 is 0 Å². The molecular formula is C9H13N3O2S. The fourth-order valence-electron chi connectivity index (χ4n) is 2.06. The molecule has 1 aromatic rings. The van der Waals surface area contributed by atoms with Crippen molar-refractivity contribution in [3.05, 3.63) is 5.82 Å². The van der Waals surface area contributed by atoms with Gasteiger partial charge in [-0.1, -0.05) is 0 Å². The van der Waals surface area contributed by atoms with Crippen molar-refractivity contribution in [2.24, 2.45) is 0 Å². The largest absolute Gasteiger partial charge is 0.346 e. The lowest BCUT2D eigenvalue weighted by atomic mass is 10.2. The van der Waals surface area contributed by atoms with E-state index in [1.807, 2.05) is 6.92 Å². The summed E-state index contributed by atoms with van der Waals surface area (Å²) in [6, 6.07) is 0. The lowest BCUT2D eigenvalue weighted by Gasteiger charge is -2.21. The van der Waals surface area contributed by atoms with Crippen LogP contribution >= 0.6 is 11.5 Å². The molecule has 1 spiro atoms. The molecule has 0 bridgehead atoms. The van der Waals surface area contributed by atoms with Gasteiger partial charge in [-0.2, -0.15) is 4.37 Å². The van der Waals surface area contributed by atoms with E-state index in [0.717, 1.165) is 30.5 Å². The molecule has 2 aliphatic rings. The molecule has 15 heavy (non-hydrogen) atoms. The summed E-state index contributed by atoms with van der Waals surface area (Å²) in [6.45, 7) is 5.05. The van der Waals surface area contributed by atoms with Crippen LogP contribution in [0.3, 0.4) is 0 Å². The Morgan fingerprint density at radius 3 is 2.87 bits per heavy atom. The van der Waals surface area contributed by atoms with Gasteiger partial charge in [-0.15, -0.1) is 0 Å². The molecular weight excluding hydrogens is 214 g/mol. The minimum Gasteiger partial charge on any atom is -0.346 e. The molecule has 6 heteroatoms. The number of nitrogens with zero attached hydrogens (tertiary/aromatic N) is 3. The second kappa shape index (κ2) is 3.40. The first-order valence-corrected chi connectivity index (χ1v) is 5.88. The highest BCUT2D eigenvalue weighted by Gasteiger charge is 2.44. The van der Waals surface area contributed by atoms with Crippen molar-refractivity contribution in [3.63, 3.8) is 0 Å². The Balaban J connectivity index is 1.75. The van der Waals surface area contributed by atoms with Crippen LogP contribution in [-0.2, 0) is 9.47 Å². The van der Waals surface area contributed by atoms with Crippen molar-refractivity contribution < 1.29 is 9.47 Å². The van der Waals surface area contributed by atoms with Gasteiger partial charge >= 0.3 is 0 Å². The molecule has 0 unspecified atom stereocenters. The Hall–Kier alpha value is -0.720. The summed E-state index contributed by atoms with van der Waals surface area (Å²) in [5.41, 5.74) is 0. The monoisotopic (exact) mass is 227 g/mol. The number of ether oxygens (including phenoxy) is 2. The van der Waals surface area contributed by atoms with Crippen LogP contribution in [0.1, 0.15) is 12.2 Å². The second-order valence-electron chi connectivity index (χ2n) is 3.90. The zero-order valence-electron chi connectivity index (χ0n) is 8.60. The summed E-state index contributed by atoms with van der Waals surface area (Å²) in [5.74, 6) is 0.476. The minimum atomic E-state index is -0.362. The maximum Gasteiger partial charge on any atom is 0.205 e. The van der Waals surface area contributed by atoms with Crippen LogP contribution in [0.2, 0.25) is 0 Å². The third-order valence-electron chi connectivity index (χ3n) is 2.80. The van der Waals surface area contributed by atoms with E-state index in [1.54, 1.807) is 0 Å². The van der Waals surface area contributed by atoms with Crippen LogP contribution in [0.15, 0.2) is 0 Å². The summed E-state index contributed by atoms with van der Waals surface area (Å²) in [7, 11) is 0. The average Bonchev–Trinajstić information content (AvgIpc) is 2.90. The van der Waals surface area contributed by atoms with Gasteiger partial charge in [0, 0.05) is 24.5 Å². The maximum atomic E-state index is 5.65. The summed E-state index contributed by atoms with van der Waals surface area (Å²) in [5, 5.41) is 0.975. The van der Waals surface area contributed by atoms with E-state index in [9.17, 15) is 0 Å². The molecule has 2 fully saturated rings. The molecule has 3 rings (SSSR count). The fourth-order valence-corrected chi connectivity index (χ4v) is 2.76. The van der Waals surface area contributed by atoms with E-state index in [1.165, 1.54) is 11.5 Å². The third kappa shape index (κ3) is 1.62. The molecule has 2 aliphatic heterocycles. The summed E-state index contributed by atoms with van der Waals surface area (Å²) < 4.78 is 15.5. The van der Waals surface area contributed by atoms with Gasteiger partial charge in [0.05, 0.1) is 19.8 Å². The standard InChI is InChI=1S/C9H13N3O2S/c1-7-10-8(15-11-7)12-3-2-9(6-12)13-4-5-14-9/h2-6H2,1H3. The molecule has 0 amide bonds. The Bertz CT molecular complexity index is 362. The van der Waals surface area contributed by atoms with Crippen LogP contribution < -0.4 is 4.90 Å². The number of anilines is 1. The molecule has 0 radical (unpaired) electrons. The highest BCUT2D eigenvalue weighted by atomic mass is 32.1. The van der Waals surface area contributed by atoms with Gasteiger partial charge in [-0.05, 0) is 6.92 Å². The predicted molar refractivity (Wildman–Crippen MR) is 56.1 cm³/mol. The highest BCUT2D eigenvalue weighted by molar-refractivity contribution is 7.09. The lowest BCUT2D eigenvalue weighted by Crippen LogP contribution is -2.34. The van der Waals surface area contributed by atoms with Crippen molar-refractivity contribution in [1.82, 2.24) is 9.36 Å². The zero-order chi connectivity index (χ0) is 10.3. The van der Waals surface area contributed by atoms with Crippen LogP contribution in [0.5, 0.6) is 0 Å². The van der Waals surface area contributed by atoms with Crippen LogP contribution in [0.4, 0.5) is 5.13 Å². The van der Waals surface area contributed by atoms with Gasteiger partial charge in [-0.25, -0.2) is 4.98 Å². The van der Waals surface area contributed by atoms with Gasteiger partial charge in [0.2, 0.25) is 5.13 Å². The Morgan fingerprint density at radius 1 is 1.40 bits per heavy atom. The first-order valence-electron chi connectivity index (χ1n) is 5.11. The molecule has 0 saturated carbocycles. The Kier molecular flexibility index (Phi) is 2.15. The van der Waals surface area contributed by atoms with Crippen LogP contribution in [0, 0.1) is 6.92 Å². The summed E-state index contributed by atoms with van der Waals surface area (Å²) >= 11 is 1.44. The molecule has 0 aliphatic carbocycles. The Morgan fingerprint density at radius 2 is 2.20 bits per heavy atom. The van der Waals surface area contributed by atoms with Crippen LogP contribution in [0.25, 0.3) is 0 Å². The quantitative estimate of drug-likeness (QED) is 0.710. The van der Waals surface area contributed by atoms with Crippen LogP contribution in [-0.4, -0.2) is 41.4 Å². The topological polar surface area (TPSA) is 47.5 Å². The van der Waals surface area contributed by atoms with E-state index in [4.69, 9.17) is 9.47 Å². The molecule has 0 N–H and O–H groups in total. The van der Waals surface area contributed by atoms with Crippen molar-refractivity contribution in [2.45, 2.75) is 19.1 Å². The summed E-state index contributed by atoms with van der Waals surface area (Å²) in [6.07, 6.45) is 0.922. The van der Waals surface area contributed by atoms with Gasteiger partial charge in [-0.3, -0.25) is 0 Å². The molecule has 0 atom stereocenters. The molecule has 1 aromatic heterocycles. The normalized spacial score (nSPS) is 24.2. The third-order valence-corrected chi connectivity index (χ3v) is 3.66. The molecule has 5 nitrogen and oxygen atoms in total. The SMILES string of the molecule is Cc1nsc(N2CCC3(C2)OCCO3)n1. The zero-order valence-corrected chi connectivity index (χ0v) is 9.42. The molecule has 2 saturated heterocycles. The number of hydrogen-bond acceptors (Lipinski definition) is 6. The van der Waals surface area contributed by atoms with E-state index in [2.05, 4.69) is 14.3 Å². The average molecular weight is 227 g/mol. The van der Waals surface area contributed by atoms with Crippen molar-refractivity contribution in [1.29, 1.82) is 0 Å². The number of rotatable bonds is 1. The van der Waals surface area contributed by atoms with Gasteiger partial charge in [0.1, 0.15) is 5.82 Å². The predicted octanol–water partition coefficient (Wildman–Crippen LogP) is 0.800. The first kappa shape index (κ1) is 9.50. The summed E-state index contributed by atoms with van der Waals surface area (Å²) in [4.78, 5) is 6.56. The molecule has 0 aromatic carbocycles. The van der Waals surface area contributed by atoms with E-state index in [0.29, 0.717) is 13.2 Å². The highest BCUT2D eigenvalue weighted by Crippen LogP contribution is 2.33. The minimum absolute atomic E-state index is 0.362. The number of aromatic nitrogens is 2. The maximum absolute atomic E-state index is 5.65. The second-order valence-corrected chi connectivity index (χ2v) is 4.63. The fraction of sp³-hybridized carbons (Fsp3) is 0.778. The molecule has 82 valence electrons.